The van der Waals surface area contributed by atoms with E-state index in [1.165, 1.54) is 33.7 Å². The van der Waals surface area contributed by atoms with Crippen molar-refractivity contribution in [3.8, 4) is 17.2 Å². The predicted octanol–water partition coefficient (Wildman–Crippen LogP) is 2.92. The number of carbonyl (C=O) groups is 1. The monoisotopic (exact) mass is 449 g/mol. The SMILES string of the molecule is COC(=O)CCc1cc(Nc2ncc(OCc3c(F)c(OC)cc(OC)c3F)cn2)n[nH]1. The van der Waals surface area contributed by atoms with E-state index < -0.39 is 18.2 Å². The zero-order valence-electron chi connectivity index (χ0n) is 17.6. The summed E-state index contributed by atoms with van der Waals surface area (Å²) in [5.41, 5.74) is 0.384. The molecule has 2 N–H and O–H groups in total. The Morgan fingerprint density at radius 2 is 1.72 bits per heavy atom. The highest BCUT2D eigenvalue weighted by Gasteiger charge is 2.20. The van der Waals surface area contributed by atoms with E-state index in [1.807, 2.05) is 0 Å². The second kappa shape index (κ2) is 10.4. The summed E-state index contributed by atoms with van der Waals surface area (Å²) >= 11 is 0. The molecule has 12 heteroatoms. The Hall–Kier alpha value is -3.96. The molecule has 0 saturated carbocycles. The molecule has 0 aliphatic rings. The summed E-state index contributed by atoms with van der Waals surface area (Å²) < 4.78 is 48.6. The van der Waals surface area contributed by atoms with Crippen molar-refractivity contribution in [3.63, 3.8) is 0 Å². The zero-order valence-corrected chi connectivity index (χ0v) is 17.6. The van der Waals surface area contributed by atoms with Gasteiger partial charge in [0.2, 0.25) is 5.95 Å². The molecule has 0 saturated heterocycles. The van der Waals surface area contributed by atoms with E-state index in [1.54, 1.807) is 6.07 Å². The molecule has 0 aliphatic heterocycles. The van der Waals surface area contributed by atoms with Crippen LogP contribution >= 0.6 is 0 Å². The lowest BCUT2D eigenvalue weighted by Crippen LogP contribution is -2.06. The van der Waals surface area contributed by atoms with Gasteiger partial charge < -0.3 is 24.3 Å². The first-order valence-corrected chi connectivity index (χ1v) is 9.37. The van der Waals surface area contributed by atoms with Crippen molar-refractivity contribution in [2.24, 2.45) is 0 Å². The van der Waals surface area contributed by atoms with Crippen LogP contribution in [0.5, 0.6) is 17.2 Å². The molecule has 170 valence electrons. The molecule has 2 aromatic heterocycles. The molecule has 0 radical (unpaired) electrons. The number of anilines is 2. The molecule has 32 heavy (non-hydrogen) atoms. The second-order valence-electron chi connectivity index (χ2n) is 6.40. The summed E-state index contributed by atoms with van der Waals surface area (Å²) in [6.45, 7) is -0.426. The molecule has 0 atom stereocenters. The number of esters is 1. The van der Waals surface area contributed by atoms with Gasteiger partial charge in [-0.3, -0.25) is 9.89 Å². The molecule has 0 unspecified atom stereocenters. The number of ether oxygens (including phenoxy) is 4. The minimum atomic E-state index is -0.883. The summed E-state index contributed by atoms with van der Waals surface area (Å²) in [6.07, 6.45) is 3.35. The van der Waals surface area contributed by atoms with Gasteiger partial charge in [-0.05, 0) is 6.42 Å². The summed E-state index contributed by atoms with van der Waals surface area (Å²) in [6, 6.07) is 2.83. The maximum atomic E-state index is 14.4. The minimum Gasteiger partial charge on any atom is -0.494 e. The third-order valence-electron chi connectivity index (χ3n) is 4.37. The molecular formula is C20H21F2N5O5. The van der Waals surface area contributed by atoms with E-state index >= 15 is 0 Å². The van der Waals surface area contributed by atoms with Crippen molar-refractivity contribution in [1.29, 1.82) is 0 Å². The quantitative estimate of drug-likeness (QED) is 0.450. The predicted molar refractivity (Wildman–Crippen MR) is 108 cm³/mol. The fraction of sp³-hybridized carbons (Fsp3) is 0.300. The number of nitrogens with one attached hydrogen (secondary N) is 2. The largest absolute Gasteiger partial charge is 0.494 e. The Kier molecular flexibility index (Phi) is 7.37. The Balaban J connectivity index is 1.61. The number of nitrogens with zero attached hydrogens (tertiary/aromatic N) is 3. The number of aromatic amines is 1. The van der Waals surface area contributed by atoms with E-state index in [2.05, 4.69) is 30.2 Å². The van der Waals surface area contributed by atoms with E-state index in [4.69, 9.17) is 14.2 Å². The number of aryl methyl sites for hydroxylation is 1. The Morgan fingerprint density at radius 3 is 2.31 bits per heavy atom. The van der Waals surface area contributed by atoms with E-state index in [-0.39, 0.29) is 41.2 Å². The maximum absolute atomic E-state index is 14.4. The minimum absolute atomic E-state index is 0.164. The average Bonchev–Trinajstić information content (AvgIpc) is 3.26. The molecule has 2 heterocycles. The van der Waals surface area contributed by atoms with Crippen molar-refractivity contribution in [1.82, 2.24) is 20.2 Å². The van der Waals surface area contributed by atoms with Gasteiger partial charge in [0, 0.05) is 17.8 Å². The third kappa shape index (κ3) is 5.39. The van der Waals surface area contributed by atoms with E-state index in [0.717, 1.165) is 11.8 Å². The summed E-state index contributed by atoms with van der Waals surface area (Å²) in [4.78, 5) is 19.4. The highest BCUT2D eigenvalue weighted by Crippen LogP contribution is 2.32. The molecule has 0 fully saturated rings. The van der Waals surface area contributed by atoms with Crippen LogP contribution in [-0.2, 0) is 22.6 Å². The van der Waals surface area contributed by atoms with Crippen molar-refractivity contribution in [2.45, 2.75) is 19.4 Å². The number of H-pyrrole nitrogens is 1. The van der Waals surface area contributed by atoms with E-state index in [9.17, 15) is 13.6 Å². The molecule has 1 aromatic carbocycles. The van der Waals surface area contributed by atoms with Crippen molar-refractivity contribution < 1.29 is 32.5 Å². The first-order valence-electron chi connectivity index (χ1n) is 9.37. The molecule has 0 spiro atoms. The second-order valence-corrected chi connectivity index (χ2v) is 6.40. The average molecular weight is 449 g/mol. The lowest BCUT2D eigenvalue weighted by molar-refractivity contribution is -0.140. The van der Waals surface area contributed by atoms with Crippen LogP contribution < -0.4 is 19.5 Å². The number of methoxy groups -OCH3 is 3. The Bertz CT molecular complexity index is 1050. The van der Waals surface area contributed by atoms with Gasteiger partial charge in [0.05, 0.1) is 45.7 Å². The number of benzene rings is 1. The van der Waals surface area contributed by atoms with Gasteiger partial charge in [0.15, 0.2) is 34.7 Å². The molecular weight excluding hydrogens is 428 g/mol. The van der Waals surface area contributed by atoms with Gasteiger partial charge >= 0.3 is 5.97 Å². The smallest absolute Gasteiger partial charge is 0.305 e. The number of carbonyl (C=O) groups excluding carboxylic acids is 1. The molecule has 0 aliphatic carbocycles. The molecule has 10 nitrogen and oxygen atoms in total. The molecule has 3 rings (SSSR count). The van der Waals surface area contributed by atoms with Crippen molar-refractivity contribution in [2.75, 3.05) is 26.6 Å². The normalized spacial score (nSPS) is 10.5. The third-order valence-corrected chi connectivity index (χ3v) is 4.37. The number of halogens is 2. The highest BCUT2D eigenvalue weighted by atomic mass is 19.1. The van der Waals surface area contributed by atoms with Crippen LogP contribution in [0.15, 0.2) is 24.5 Å². The number of hydrogen-bond donors (Lipinski definition) is 2. The first kappa shape index (κ1) is 22.7. The molecule has 0 bridgehead atoms. The van der Waals surface area contributed by atoms with Crippen LogP contribution in [0.25, 0.3) is 0 Å². The van der Waals surface area contributed by atoms with Crippen LogP contribution in [0.1, 0.15) is 17.7 Å². The lowest BCUT2D eigenvalue weighted by atomic mass is 10.1. The summed E-state index contributed by atoms with van der Waals surface area (Å²) in [5.74, 6) is -1.55. The molecule has 0 amide bonds. The van der Waals surface area contributed by atoms with Gasteiger partial charge in [-0.25, -0.2) is 18.7 Å². The Morgan fingerprint density at radius 1 is 1.06 bits per heavy atom. The van der Waals surface area contributed by atoms with Crippen LogP contribution in [0.3, 0.4) is 0 Å². The van der Waals surface area contributed by atoms with Crippen LogP contribution in [-0.4, -0.2) is 47.5 Å². The van der Waals surface area contributed by atoms with Crippen LogP contribution in [0, 0.1) is 11.6 Å². The summed E-state index contributed by atoms with van der Waals surface area (Å²) in [5, 5.41) is 9.74. The maximum Gasteiger partial charge on any atom is 0.305 e. The van der Waals surface area contributed by atoms with Gasteiger partial charge in [0.1, 0.15) is 6.61 Å². The van der Waals surface area contributed by atoms with Crippen LogP contribution in [0.4, 0.5) is 20.5 Å². The van der Waals surface area contributed by atoms with Crippen molar-refractivity contribution >= 4 is 17.7 Å². The number of aromatic nitrogens is 4. The molecule has 3 aromatic rings. The number of hydrogen-bond acceptors (Lipinski definition) is 9. The van der Waals surface area contributed by atoms with Crippen molar-refractivity contribution in [3.05, 3.63) is 47.4 Å². The fourth-order valence-corrected chi connectivity index (χ4v) is 2.68. The summed E-state index contributed by atoms with van der Waals surface area (Å²) in [7, 11) is 3.86. The zero-order chi connectivity index (χ0) is 23.1. The Labute approximate surface area is 181 Å². The first-order chi connectivity index (χ1) is 15.4. The number of rotatable bonds is 10. The lowest BCUT2D eigenvalue weighted by Gasteiger charge is -2.13. The fourth-order valence-electron chi connectivity index (χ4n) is 2.68. The standard InChI is InChI=1S/C20H21F2N5O5/c1-29-14-7-15(30-2)19(22)13(18(14)21)10-32-12-8-23-20(24-9-12)25-16-6-11(26-27-16)4-5-17(28)31-3/h6-9H,4-5,10H2,1-3H3,(H2,23,24,25,26,27). The van der Waals surface area contributed by atoms with Crippen LogP contribution in [0.2, 0.25) is 0 Å². The van der Waals surface area contributed by atoms with E-state index in [0.29, 0.717) is 12.2 Å². The van der Waals surface area contributed by atoms with Gasteiger partial charge in [0.25, 0.3) is 0 Å². The van der Waals surface area contributed by atoms with Gasteiger partial charge in [-0.15, -0.1) is 0 Å². The van der Waals surface area contributed by atoms with Gasteiger partial charge in [-0.1, -0.05) is 0 Å². The topological polar surface area (TPSA) is 120 Å². The highest BCUT2D eigenvalue weighted by molar-refractivity contribution is 5.69. The van der Waals surface area contributed by atoms with Gasteiger partial charge in [-0.2, -0.15) is 5.10 Å².